The Balaban J connectivity index is 2.94. The summed E-state index contributed by atoms with van der Waals surface area (Å²) in [4.78, 5) is 11.1. The molecule has 0 aliphatic heterocycles. The number of carbonyl (C=O) groups is 1. The Labute approximate surface area is 90.4 Å². The first-order valence-electron chi connectivity index (χ1n) is 5.04. The maximum atomic E-state index is 11.1. The maximum Gasteiger partial charge on any atom is 0.313 e. The topological polar surface area (TPSA) is 46.5 Å². The number of carboxylic acids is 1. The lowest BCUT2D eigenvalue weighted by Gasteiger charge is -2.38. The van der Waals surface area contributed by atoms with Crippen LogP contribution in [-0.4, -0.2) is 22.3 Å². The molecule has 1 aliphatic rings. The van der Waals surface area contributed by atoms with Crippen LogP contribution >= 0.6 is 0 Å². The molecular weight excluding hydrogens is 192 g/mol. The molecular formula is C12H18O3. The van der Waals surface area contributed by atoms with Crippen molar-refractivity contribution in [2.45, 2.75) is 38.9 Å². The molecule has 0 radical (unpaired) electrons. The SMILES string of the molecule is CC(C)(C)OC1(C)C=CC=CC1C(=O)O. The third-order valence-corrected chi connectivity index (χ3v) is 2.25. The molecule has 15 heavy (non-hydrogen) atoms. The van der Waals surface area contributed by atoms with Crippen LogP contribution in [0.1, 0.15) is 27.7 Å². The van der Waals surface area contributed by atoms with Gasteiger partial charge in [0, 0.05) is 0 Å². The molecule has 2 unspecified atom stereocenters. The van der Waals surface area contributed by atoms with Crippen molar-refractivity contribution in [3.8, 4) is 0 Å². The van der Waals surface area contributed by atoms with Crippen LogP contribution in [-0.2, 0) is 9.53 Å². The number of ether oxygens (including phenoxy) is 1. The van der Waals surface area contributed by atoms with E-state index in [9.17, 15) is 4.79 Å². The Bertz CT molecular complexity index is 309. The number of allylic oxidation sites excluding steroid dienone is 2. The average molecular weight is 210 g/mol. The molecule has 0 fully saturated rings. The second-order valence-electron chi connectivity index (χ2n) is 4.96. The molecule has 2 atom stereocenters. The van der Waals surface area contributed by atoms with Gasteiger partial charge in [0.25, 0.3) is 0 Å². The Morgan fingerprint density at radius 1 is 1.40 bits per heavy atom. The van der Waals surface area contributed by atoms with Gasteiger partial charge >= 0.3 is 5.97 Å². The third kappa shape index (κ3) is 2.93. The minimum Gasteiger partial charge on any atom is -0.481 e. The predicted octanol–water partition coefficient (Wildman–Crippen LogP) is 2.39. The van der Waals surface area contributed by atoms with Crippen molar-refractivity contribution in [3.63, 3.8) is 0 Å². The molecule has 0 amide bonds. The maximum absolute atomic E-state index is 11.1. The smallest absolute Gasteiger partial charge is 0.313 e. The molecule has 0 spiro atoms. The molecule has 1 aliphatic carbocycles. The molecule has 3 nitrogen and oxygen atoms in total. The van der Waals surface area contributed by atoms with E-state index in [1.54, 1.807) is 25.2 Å². The van der Waals surface area contributed by atoms with E-state index in [1.165, 1.54) is 0 Å². The van der Waals surface area contributed by atoms with Crippen LogP contribution in [0.5, 0.6) is 0 Å². The fourth-order valence-electron chi connectivity index (χ4n) is 1.80. The van der Waals surface area contributed by atoms with Crippen molar-refractivity contribution >= 4 is 5.97 Å². The zero-order valence-corrected chi connectivity index (χ0v) is 9.65. The predicted molar refractivity (Wildman–Crippen MR) is 58.6 cm³/mol. The van der Waals surface area contributed by atoms with Crippen LogP contribution in [0.4, 0.5) is 0 Å². The zero-order chi connectivity index (χ0) is 11.7. The Kier molecular flexibility index (Phi) is 3.05. The highest BCUT2D eigenvalue weighted by Gasteiger charge is 2.40. The summed E-state index contributed by atoms with van der Waals surface area (Å²) in [5.41, 5.74) is -1.13. The third-order valence-electron chi connectivity index (χ3n) is 2.25. The molecule has 0 aromatic rings. The largest absolute Gasteiger partial charge is 0.481 e. The Morgan fingerprint density at radius 3 is 2.47 bits per heavy atom. The molecule has 0 bridgehead atoms. The van der Waals surface area contributed by atoms with Crippen LogP contribution in [0.2, 0.25) is 0 Å². The number of rotatable bonds is 2. The van der Waals surface area contributed by atoms with Crippen LogP contribution < -0.4 is 0 Å². The Morgan fingerprint density at radius 2 is 2.00 bits per heavy atom. The van der Waals surface area contributed by atoms with Gasteiger partial charge in [0.05, 0.1) is 5.60 Å². The van der Waals surface area contributed by atoms with E-state index < -0.39 is 17.5 Å². The molecule has 0 heterocycles. The van der Waals surface area contributed by atoms with Crippen molar-refractivity contribution in [1.82, 2.24) is 0 Å². The molecule has 3 heteroatoms. The van der Waals surface area contributed by atoms with Gasteiger partial charge in [-0.05, 0) is 27.7 Å². The second kappa shape index (κ2) is 3.81. The molecule has 0 saturated carbocycles. The van der Waals surface area contributed by atoms with Crippen LogP contribution in [0.25, 0.3) is 0 Å². The molecule has 0 aromatic heterocycles. The van der Waals surface area contributed by atoms with Crippen molar-refractivity contribution in [2.24, 2.45) is 5.92 Å². The summed E-state index contributed by atoms with van der Waals surface area (Å²) in [5, 5.41) is 9.11. The van der Waals surface area contributed by atoms with Gasteiger partial charge in [-0.2, -0.15) is 0 Å². The van der Waals surface area contributed by atoms with Crippen molar-refractivity contribution in [2.75, 3.05) is 0 Å². The van der Waals surface area contributed by atoms with Crippen LogP contribution in [0.3, 0.4) is 0 Å². The lowest BCUT2D eigenvalue weighted by molar-refractivity contribution is -0.158. The average Bonchev–Trinajstić information content (AvgIpc) is 1.99. The fraction of sp³-hybridized carbons (Fsp3) is 0.583. The van der Waals surface area contributed by atoms with E-state index in [1.807, 2.05) is 26.8 Å². The summed E-state index contributed by atoms with van der Waals surface area (Å²) < 4.78 is 5.82. The van der Waals surface area contributed by atoms with Crippen molar-refractivity contribution < 1.29 is 14.6 Å². The highest BCUT2D eigenvalue weighted by molar-refractivity contribution is 5.75. The molecule has 1 rings (SSSR count). The van der Waals surface area contributed by atoms with Gasteiger partial charge in [0.1, 0.15) is 11.5 Å². The van der Waals surface area contributed by atoms with Gasteiger partial charge in [-0.15, -0.1) is 0 Å². The van der Waals surface area contributed by atoms with Crippen molar-refractivity contribution in [1.29, 1.82) is 0 Å². The van der Waals surface area contributed by atoms with Crippen LogP contribution in [0.15, 0.2) is 24.3 Å². The monoisotopic (exact) mass is 210 g/mol. The van der Waals surface area contributed by atoms with Crippen molar-refractivity contribution in [3.05, 3.63) is 24.3 Å². The first-order valence-corrected chi connectivity index (χ1v) is 5.04. The minimum atomic E-state index is -0.859. The lowest BCUT2D eigenvalue weighted by Crippen LogP contribution is -2.45. The molecule has 1 N–H and O–H groups in total. The normalized spacial score (nSPS) is 30.5. The summed E-state index contributed by atoms with van der Waals surface area (Å²) in [7, 11) is 0. The fourth-order valence-corrected chi connectivity index (χ4v) is 1.80. The lowest BCUT2D eigenvalue weighted by atomic mass is 9.84. The summed E-state index contributed by atoms with van der Waals surface area (Å²) in [6.45, 7) is 7.56. The number of aliphatic carboxylic acids is 1. The van der Waals surface area contributed by atoms with Gasteiger partial charge in [-0.1, -0.05) is 24.3 Å². The van der Waals surface area contributed by atoms with E-state index in [-0.39, 0.29) is 5.60 Å². The summed E-state index contributed by atoms with van der Waals surface area (Å²) >= 11 is 0. The first-order chi connectivity index (χ1) is 6.75. The van der Waals surface area contributed by atoms with Gasteiger partial charge < -0.3 is 9.84 Å². The highest BCUT2D eigenvalue weighted by Crippen LogP contribution is 2.32. The number of carboxylic acid groups (broad SMARTS) is 1. The van der Waals surface area contributed by atoms with E-state index in [2.05, 4.69) is 0 Å². The number of hydrogen-bond donors (Lipinski definition) is 1. The first kappa shape index (κ1) is 12.0. The van der Waals surface area contributed by atoms with Gasteiger partial charge in [0.2, 0.25) is 0 Å². The van der Waals surface area contributed by atoms with Gasteiger partial charge in [-0.25, -0.2) is 0 Å². The Hall–Kier alpha value is -1.09. The molecule has 0 aromatic carbocycles. The standard InChI is InChI=1S/C12H18O3/c1-11(2,3)15-12(4)8-6-5-7-9(12)10(13)14/h5-9H,1-4H3,(H,13,14). The zero-order valence-electron chi connectivity index (χ0n) is 9.65. The van der Waals surface area contributed by atoms with Gasteiger partial charge in [-0.3, -0.25) is 4.79 Å². The highest BCUT2D eigenvalue weighted by atomic mass is 16.5. The molecule has 0 saturated heterocycles. The van der Waals surface area contributed by atoms with E-state index >= 15 is 0 Å². The molecule has 84 valence electrons. The van der Waals surface area contributed by atoms with E-state index in [4.69, 9.17) is 9.84 Å². The summed E-state index contributed by atoms with van der Waals surface area (Å²) in [6.07, 6.45) is 7.03. The summed E-state index contributed by atoms with van der Waals surface area (Å²) in [5.74, 6) is -1.48. The van der Waals surface area contributed by atoms with E-state index in [0.29, 0.717) is 0 Å². The van der Waals surface area contributed by atoms with Crippen LogP contribution in [0, 0.1) is 5.92 Å². The minimum absolute atomic E-state index is 0.363. The quantitative estimate of drug-likeness (QED) is 0.761. The van der Waals surface area contributed by atoms with E-state index in [0.717, 1.165) is 0 Å². The number of hydrogen-bond acceptors (Lipinski definition) is 2. The van der Waals surface area contributed by atoms with Gasteiger partial charge in [0.15, 0.2) is 0 Å². The summed E-state index contributed by atoms with van der Waals surface area (Å²) in [6, 6.07) is 0. The second-order valence-corrected chi connectivity index (χ2v) is 4.96.